The molecule has 1 fully saturated rings. The van der Waals surface area contributed by atoms with Crippen molar-refractivity contribution in [2.45, 2.75) is 24.8 Å². The summed E-state index contributed by atoms with van der Waals surface area (Å²) in [6.45, 7) is 0.158. The van der Waals surface area contributed by atoms with Gasteiger partial charge in [0.25, 0.3) is 5.69 Å². The number of nitro benzene ring substituents is 1. The second-order valence-electron chi connectivity index (χ2n) is 9.10. The first-order valence-electron chi connectivity index (χ1n) is 12.3. The van der Waals surface area contributed by atoms with Crippen LogP contribution in [0.25, 0.3) is 11.1 Å². The maximum absolute atomic E-state index is 12.8. The SMILES string of the molecule is O=C(NCC(=O)N1CCC[C@H]1C(=O)Oc1ccc([N+](=O)[O-])cc1)OCC1c2ccccc2-c2ccccc21. The molecule has 0 bridgehead atoms. The normalized spacial score (nSPS) is 15.9. The van der Waals surface area contributed by atoms with Gasteiger partial charge in [0, 0.05) is 24.6 Å². The highest BCUT2D eigenvalue weighted by Gasteiger charge is 2.36. The maximum atomic E-state index is 12.8. The third-order valence-corrected chi connectivity index (χ3v) is 6.84. The smallest absolute Gasteiger partial charge is 0.407 e. The first-order chi connectivity index (χ1) is 18.4. The summed E-state index contributed by atoms with van der Waals surface area (Å²) < 4.78 is 10.8. The summed E-state index contributed by atoms with van der Waals surface area (Å²) in [5.41, 5.74) is 4.29. The van der Waals surface area contributed by atoms with Crippen molar-refractivity contribution in [3.8, 4) is 16.9 Å². The van der Waals surface area contributed by atoms with Gasteiger partial charge >= 0.3 is 12.1 Å². The summed E-state index contributed by atoms with van der Waals surface area (Å²) >= 11 is 0. The van der Waals surface area contributed by atoms with Crippen molar-refractivity contribution in [1.82, 2.24) is 10.2 Å². The summed E-state index contributed by atoms with van der Waals surface area (Å²) in [6, 6.07) is 20.3. The lowest BCUT2D eigenvalue weighted by Gasteiger charge is -2.23. The zero-order chi connectivity index (χ0) is 26.6. The van der Waals surface area contributed by atoms with Gasteiger partial charge in [0.05, 0.1) is 4.92 Å². The third-order valence-electron chi connectivity index (χ3n) is 6.84. The first-order valence-corrected chi connectivity index (χ1v) is 12.3. The van der Waals surface area contributed by atoms with Crippen LogP contribution in [0.2, 0.25) is 0 Å². The van der Waals surface area contributed by atoms with E-state index in [2.05, 4.69) is 5.32 Å². The van der Waals surface area contributed by atoms with Crippen molar-refractivity contribution in [2.75, 3.05) is 19.7 Å². The Morgan fingerprint density at radius 2 is 1.58 bits per heavy atom. The molecular formula is C28H25N3O7. The van der Waals surface area contributed by atoms with Crippen molar-refractivity contribution in [3.63, 3.8) is 0 Å². The molecule has 0 unspecified atom stereocenters. The molecule has 3 aromatic carbocycles. The molecule has 10 heteroatoms. The number of likely N-dealkylation sites (tertiary alicyclic amines) is 1. The van der Waals surface area contributed by atoms with Gasteiger partial charge in [-0.3, -0.25) is 14.9 Å². The minimum absolute atomic E-state index is 0.0963. The minimum atomic E-state index is -0.804. The summed E-state index contributed by atoms with van der Waals surface area (Å²) in [7, 11) is 0. The Hall–Kier alpha value is -4.73. The highest BCUT2D eigenvalue weighted by Crippen LogP contribution is 2.44. The molecule has 5 rings (SSSR count). The number of fused-ring (bicyclic) bond motifs is 3. The number of benzene rings is 3. The Morgan fingerprint density at radius 1 is 0.947 bits per heavy atom. The number of amides is 2. The monoisotopic (exact) mass is 515 g/mol. The fourth-order valence-corrected chi connectivity index (χ4v) is 5.03. The van der Waals surface area contributed by atoms with Gasteiger partial charge < -0.3 is 19.7 Å². The molecule has 1 N–H and O–H groups in total. The molecule has 38 heavy (non-hydrogen) atoms. The first kappa shape index (κ1) is 24.9. The van der Waals surface area contributed by atoms with Crippen molar-refractivity contribution in [2.24, 2.45) is 0 Å². The molecule has 10 nitrogen and oxygen atoms in total. The van der Waals surface area contributed by atoms with Crippen LogP contribution in [-0.4, -0.2) is 53.5 Å². The molecule has 3 aromatic rings. The summed E-state index contributed by atoms with van der Waals surface area (Å²) in [6.07, 6.45) is 0.309. The Bertz CT molecular complexity index is 1340. The number of esters is 1. The van der Waals surface area contributed by atoms with Crippen LogP contribution in [0.15, 0.2) is 72.8 Å². The van der Waals surface area contributed by atoms with Gasteiger partial charge in [0.1, 0.15) is 24.9 Å². The second-order valence-corrected chi connectivity index (χ2v) is 9.10. The van der Waals surface area contributed by atoms with Gasteiger partial charge in [-0.15, -0.1) is 0 Å². The zero-order valence-corrected chi connectivity index (χ0v) is 20.4. The number of non-ortho nitro benzene ring substituents is 1. The number of carbonyl (C=O) groups excluding carboxylic acids is 3. The Balaban J connectivity index is 1.13. The standard InChI is InChI=1S/C28H25N3O7/c32-26(30-15-5-10-25(30)27(33)38-19-13-11-18(12-14-19)31(35)36)16-29-28(34)37-17-24-22-8-3-1-6-20(22)21-7-2-4-9-23(21)24/h1-4,6-9,11-14,24-25H,5,10,15-17H2,(H,29,34)/t25-/m0/s1. The van der Waals surface area contributed by atoms with Crippen LogP contribution in [0.1, 0.15) is 29.9 Å². The number of hydrogen-bond acceptors (Lipinski definition) is 7. The largest absolute Gasteiger partial charge is 0.449 e. The van der Waals surface area contributed by atoms with Crippen LogP contribution >= 0.6 is 0 Å². The van der Waals surface area contributed by atoms with E-state index >= 15 is 0 Å². The topological polar surface area (TPSA) is 128 Å². The summed E-state index contributed by atoms with van der Waals surface area (Å²) in [4.78, 5) is 49.5. The number of alkyl carbamates (subject to hydrolysis) is 1. The predicted octanol–water partition coefficient (Wildman–Crippen LogP) is 4.03. The summed E-state index contributed by atoms with van der Waals surface area (Å²) in [5.74, 6) is -1.01. The highest BCUT2D eigenvalue weighted by atomic mass is 16.6. The molecule has 1 aliphatic heterocycles. The molecule has 2 aliphatic rings. The van der Waals surface area contributed by atoms with E-state index in [0.717, 1.165) is 22.3 Å². The molecule has 0 spiro atoms. The van der Waals surface area contributed by atoms with Crippen LogP contribution in [0.3, 0.4) is 0 Å². The van der Waals surface area contributed by atoms with Gasteiger partial charge in [-0.1, -0.05) is 48.5 Å². The van der Waals surface area contributed by atoms with Crippen LogP contribution in [0, 0.1) is 10.1 Å². The fraction of sp³-hybridized carbons (Fsp3) is 0.250. The van der Waals surface area contributed by atoms with Gasteiger partial charge in [-0.2, -0.15) is 0 Å². The number of rotatable bonds is 7. The fourth-order valence-electron chi connectivity index (χ4n) is 5.03. The molecule has 1 heterocycles. The molecule has 0 aromatic heterocycles. The van der Waals surface area contributed by atoms with Crippen molar-refractivity contribution < 1.29 is 28.8 Å². The Kier molecular flexibility index (Phi) is 7.03. The van der Waals surface area contributed by atoms with Gasteiger partial charge in [-0.25, -0.2) is 9.59 Å². The number of hydrogen-bond donors (Lipinski definition) is 1. The lowest BCUT2D eigenvalue weighted by Crippen LogP contribution is -2.46. The average Bonchev–Trinajstić information content (AvgIpc) is 3.54. The second kappa shape index (κ2) is 10.7. The lowest BCUT2D eigenvalue weighted by molar-refractivity contribution is -0.384. The van der Waals surface area contributed by atoms with Crippen LogP contribution in [-0.2, 0) is 14.3 Å². The van der Waals surface area contributed by atoms with E-state index in [1.54, 1.807) is 0 Å². The number of ether oxygens (including phenoxy) is 2. The van der Waals surface area contributed by atoms with Crippen LogP contribution in [0.5, 0.6) is 5.75 Å². The maximum Gasteiger partial charge on any atom is 0.407 e. The van der Waals surface area contributed by atoms with Crippen molar-refractivity contribution in [1.29, 1.82) is 0 Å². The van der Waals surface area contributed by atoms with E-state index in [1.807, 2.05) is 48.5 Å². The van der Waals surface area contributed by atoms with Gasteiger partial charge in [0.2, 0.25) is 5.91 Å². The van der Waals surface area contributed by atoms with Gasteiger partial charge in [0.15, 0.2) is 0 Å². The van der Waals surface area contributed by atoms with E-state index in [9.17, 15) is 24.5 Å². The molecule has 194 valence electrons. The summed E-state index contributed by atoms with van der Waals surface area (Å²) in [5, 5.41) is 13.3. The van der Waals surface area contributed by atoms with E-state index < -0.39 is 28.9 Å². The highest BCUT2D eigenvalue weighted by molar-refractivity contribution is 5.88. The molecule has 1 aliphatic carbocycles. The molecule has 2 amide bonds. The minimum Gasteiger partial charge on any atom is -0.449 e. The molecule has 0 saturated carbocycles. The van der Waals surface area contributed by atoms with Crippen molar-refractivity contribution in [3.05, 3.63) is 94.0 Å². The third kappa shape index (κ3) is 5.06. The predicted molar refractivity (Wildman–Crippen MR) is 137 cm³/mol. The van der Waals surface area contributed by atoms with Crippen LogP contribution in [0.4, 0.5) is 10.5 Å². The number of nitro groups is 1. The number of carbonyl (C=O) groups is 3. The molecule has 0 radical (unpaired) electrons. The van der Waals surface area contributed by atoms with Crippen LogP contribution < -0.4 is 10.1 Å². The Morgan fingerprint density at radius 3 is 2.21 bits per heavy atom. The van der Waals surface area contributed by atoms with E-state index in [0.29, 0.717) is 19.4 Å². The van der Waals surface area contributed by atoms with E-state index in [4.69, 9.17) is 9.47 Å². The van der Waals surface area contributed by atoms with E-state index in [1.165, 1.54) is 29.2 Å². The lowest BCUT2D eigenvalue weighted by atomic mass is 9.98. The number of nitrogens with one attached hydrogen (secondary N) is 1. The van der Waals surface area contributed by atoms with Gasteiger partial charge in [-0.05, 0) is 47.2 Å². The molecular weight excluding hydrogens is 490 g/mol. The van der Waals surface area contributed by atoms with Crippen molar-refractivity contribution >= 4 is 23.7 Å². The quantitative estimate of drug-likeness (QED) is 0.218. The molecule has 1 saturated heterocycles. The average molecular weight is 516 g/mol. The number of nitrogens with zero attached hydrogens (tertiary/aromatic N) is 2. The zero-order valence-electron chi connectivity index (χ0n) is 20.4. The van der Waals surface area contributed by atoms with E-state index in [-0.39, 0.29) is 30.5 Å². The Labute approximate surface area is 218 Å². The molecule has 1 atom stereocenters.